The maximum atomic E-state index is 10.8. The van der Waals surface area contributed by atoms with Gasteiger partial charge >= 0.3 is 0 Å². The number of aromatic nitrogens is 1. The summed E-state index contributed by atoms with van der Waals surface area (Å²) in [5, 5.41) is 22.9. The Hall–Kier alpha value is -2.24. The van der Waals surface area contributed by atoms with Crippen LogP contribution in [-0.2, 0) is 0 Å². The van der Waals surface area contributed by atoms with Crippen LogP contribution in [0, 0.1) is 10.1 Å². The van der Waals surface area contributed by atoms with Crippen molar-refractivity contribution in [2.45, 2.75) is 26.3 Å². The molecule has 1 heterocycles. The Bertz CT molecular complexity index is 469. The van der Waals surface area contributed by atoms with Gasteiger partial charge in [0.05, 0.1) is 5.69 Å². The van der Waals surface area contributed by atoms with Gasteiger partial charge in [0.15, 0.2) is 0 Å². The van der Waals surface area contributed by atoms with Crippen LogP contribution >= 0.6 is 0 Å². The highest BCUT2D eigenvalue weighted by molar-refractivity contribution is 6.07. The van der Waals surface area contributed by atoms with E-state index >= 15 is 0 Å². The average molecular weight is 249 g/mol. The van der Waals surface area contributed by atoms with Gasteiger partial charge in [-0.1, -0.05) is 18.1 Å². The zero-order valence-corrected chi connectivity index (χ0v) is 10.3. The quantitative estimate of drug-likeness (QED) is 0.375. The van der Waals surface area contributed by atoms with E-state index in [9.17, 15) is 10.1 Å². The van der Waals surface area contributed by atoms with E-state index in [0.717, 1.165) is 0 Å². The fourth-order valence-corrected chi connectivity index (χ4v) is 1.50. The van der Waals surface area contributed by atoms with Crippen molar-refractivity contribution in [2.24, 2.45) is 5.16 Å². The van der Waals surface area contributed by atoms with Crippen molar-refractivity contribution < 1.29 is 10.1 Å². The second kappa shape index (κ2) is 6.48. The standard InChI is InChI=1S/C12H15N3O3/c1-3-10(9(2)15(17)18)8-12(14-16)11-6-4-5-7-13-11/h4-9,16H,3H2,1-2H3/b10-8+,14-12+. The lowest BCUT2D eigenvalue weighted by atomic mass is 10.0. The van der Waals surface area contributed by atoms with E-state index in [4.69, 9.17) is 5.21 Å². The molecule has 0 bridgehead atoms. The maximum Gasteiger partial charge on any atom is 0.231 e. The van der Waals surface area contributed by atoms with Crippen LogP contribution in [0.15, 0.2) is 41.2 Å². The minimum absolute atomic E-state index is 0.223. The number of nitrogens with zero attached hydrogens (tertiary/aromatic N) is 3. The second-order valence-electron chi connectivity index (χ2n) is 3.73. The number of pyridine rings is 1. The van der Waals surface area contributed by atoms with Crippen molar-refractivity contribution in [1.82, 2.24) is 4.98 Å². The number of nitro groups is 1. The van der Waals surface area contributed by atoms with E-state index in [1.54, 1.807) is 24.4 Å². The molecule has 0 aliphatic carbocycles. The number of allylic oxidation sites excluding steroid dienone is 1. The van der Waals surface area contributed by atoms with E-state index in [1.165, 1.54) is 13.0 Å². The minimum Gasteiger partial charge on any atom is -0.410 e. The van der Waals surface area contributed by atoms with Crippen molar-refractivity contribution in [1.29, 1.82) is 0 Å². The van der Waals surface area contributed by atoms with Gasteiger partial charge in [-0.15, -0.1) is 0 Å². The van der Waals surface area contributed by atoms with Gasteiger partial charge in [-0.2, -0.15) is 0 Å². The molecule has 1 unspecified atom stereocenters. The molecule has 0 amide bonds. The Morgan fingerprint density at radius 1 is 1.67 bits per heavy atom. The third-order valence-corrected chi connectivity index (χ3v) is 2.62. The Kier molecular flexibility index (Phi) is 4.98. The summed E-state index contributed by atoms with van der Waals surface area (Å²) >= 11 is 0. The van der Waals surface area contributed by atoms with Crippen LogP contribution in [0.25, 0.3) is 0 Å². The highest BCUT2D eigenvalue weighted by atomic mass is 16.6. The molecule has 1 aromatic heterocycles. The van der Waals surface area contributed by atoms with Crippen molar-refractivity contribution in [3.63, 3.8) is 0 Å². The molecule has 0 radical (unpaired) electrons. The fraction of sp³-hybridized carbons (Fsp3) is 0.333. The van der Waals surface area contributed by atoms with Gasteiger partial charge in [0.2, 0.25) is 6.04 Å². The van der Waals surface area contributed by atoms with Gasteiger partial charge in [-0.05, 0) is 24.6 Å². The zero-order valence-electron chi connectivity index (χ0n) is 10.3. The van der Waals surface area contributed by atoms with Crippen LogP contribution in [0.5, 0.6) is 0 Å². The van der Waals surface area contributed by atoms with Crippen molar-refractivity contribution in [3.05, 3.63) is 51.9 Å². The smallest absolute Gasteiger partial charge is 0.231 e. The molecule has 18 heavy (non-hydrogen) atoms. The minimum atomic E-state index is -0.810. The number of oxime groups is 1. The summed E-state index contributed by atoms with van der Waals surface area (Å²) in [7, 11) is 0. The van der Waals surface area contributed by atoms with Gasteiger partial charge in [-0.25, -0.2) is 0 Å². The van der Waals surface area contributed by atoms with E-state index in [1.807, 2.05) is 6.92 Å². The van der Waals surface area contributed by atoms with Gasteiger partial charge in [0.25, 0.3) is 0 Å². The molecule has 0 fully saturated rings. The Morgan fingerprint density at radius 2 is 2.39 bits per heavy atom. The predicted octanol–water partition coefficient (Wildman–Crippen LogP) is 2.26. The van der Waals surface area contributed by atoms with E-state index in [-0.39, 0.29) is 10.6 Å². The summed E-state index contributed by atoms with van der Waals surface area (Å²) in [6.07, 6.45) is 3.58. The highest BCUT2D eigenvalue weighted by Gasteiger charge is 2.18. The number of rotatable bonds is 5. The fourth-order valence-electron chi connectivity index (χ4n) is 1.50. The molecule has 6 nitrogen and oxygen atoms in total. The third-order valence-electron chi connectivity index (χ3n) is 2.62. The summed E-state index contributed by atoms with van der Waals surface area (Å²) < 4.78 is 0. The van der Waals surface area contributed by atoms with E-state index in [2.05, 4.69) is 10.1 Å². The van der Waals surface area contributed by atoms with Crippen molar-refractivity contribution >= 4 is 5.71 Å². The SMILES string of the molecule is CC/C(=C\C(=N/O)c1ccccn1)C(C)[N+](=O)[O-]. The molecule has 1 atom stereocenters. The second-order valence-corrected chi connectivity index (χ2v) is 3.73. The molecule has 96 valence electrons. The van der Waals surface area contributed by atoms with Crippen molar-refractivity contribution in [3.8, 4) is 0 Å². The Balaban J connectivity index is 3.07. The largest absolute Gasteiger partial charge is 0.410 e. The van der Waals surface area contributed by atoms with Gasteiger partial charge in [-0.3, -0.25) is 15.1 Å². The molecule has 1 N–H and O–H groups in total. The maximum absolute atomic E-state index is 10.8. The molecular weight excluding hydrogens is 234 g/mol. The van der Waals surface area contributed by atoms with Gasteiger partial charge in [0, 0.05) is 23.6 Å². The number of hydrogen-bond donors (Lipinski definition) is 1. The lowest BCUT2D eigenvalue weighted by Crippen LogP contribution is -2.18. The van der Waals surface area contributed by atoms with Crippen LogP contribution in [0.2, 0.25) is 0 Å². The van der Waals surface area contributed by atoms with Crippen LogP contribution < -0.4 is 0 Å². The lowest BCUT2D eigenvalue weighted by Gasteiger charge is -2.07. The lowest BCUT2D eigenvalue weighted by molar-refractivity contribution is -0.507. The first-order valence-corrected chi connectivity index (χ1v) is 5.57. The summed E-state index contributed by atoms with van der Waals surface area (Å²) in [6, 6.07) is 4.36. The average Bonchev–Trinajstić information content (AvgIpc) is 2.40. The molecule has 0 saturated carbocycles. The summed E-state index contributed by atoms with van der Waals surface area (Å²) in [5.74, 6) is 0. The Labute approximate surface area is 105 Å². The summed E-state index contributed by atoms with van der Waals surface area (Å²) in [4.78, 5) is 14.4. The van der Waals surface area contributed by atoms with Crippen LogP contribution in [-0.4, -0.2) is 26.9 Å². The van der Waals surface area contributed by atoms with Gasteiger partial charge in [0.1, 0.15) is 5.71 Å². The van der Waals surface area contributed by atoms with Crippen LogP contribution in [0.4, 0.5) is 0 Å². The van der Waals surface area contributed by atoms with Crippen LogP contribution in [0.3, 0.4) is 0 Å². The predicted molar refractivity (Wildman–Crippen MR) is 67.4 cm³/mol. The molecule has 0 aliphatic rings. The first-order chi connectivity index (χ1) is 8.60. The van der Waals surface area contributed by atoms with Crippen molar-refractivity contribution in [2.75, 3.05) is 0 Å². The summed E-state index contributed by atoms with van der Waals surface area (Å²) in [5.41, 5.74) is 1.28. The molecule has 0 saturated heterocycles. The molecule has 1 rings (SSSR count). The number of hydrogen-bond acceptors (Lipinski definition) is 5. The molecule has 6 heteroatoms. The molecule has 0 spiro atoms. The zero-order chi connectivity index (χ0) is 13.5. The molecular formula is C12H15N3O3. The first-order valence-electron chi connectivity index (χ1n) is 5.57. The monoisotopic (exact) mass is 249 g/mol. The molecule has 0 aromatic carbocycles. The summed E-state index contributed by atoms with van der Waals surface area (Å²) in [6.45, 7) is 3.32. The first kappa shape index (κ1) is 13.8. The Morgan fingerprint density at radius 3 is 2.83 bits per heavy atom. The molecule has 1 aromatic rings. The van der Waals surface area contributed by atoms with Crippen LogP contribution in [0.1, 0.15) is 26.0 Å². The van der Waals surface area contributed by atoms with Gasteiger partial charge < -0.3 is 5.21 Å². The topological polar surface area (TPSA) is 88.6 Å². The van der Waals surface area contributed by atoms with E-state index in [0.29, 0.717) is 17.7 Å². The molecule has 0 aliphatic heterocycles. The normalized spacial score (nSPS) is 14.3. The van der Waals surface area contributed by atoms with E-state index < -0.39 is 6.04 Å². The third kappa shape index (κ3) is 3.38. The highest BCUT2D eigenvalue weighted by Crippen LogP contribution is 2.12.